The molecule has 6 heteroatoms. The van der Waals surface area contributed by atoms with Crippen molar-refractivity contribution in [3.8, 4) is 11.3 Å². The van der Waals surface area contributed by atoms with Gasteiger partial charge in [-0.15, -0.1) is 0 Å². The lowest BCUT2D eigenvalue weighted by molar-refractivity contribution is 0.0529. The van der Waals surface area contributed by atoms with Crippen molar-refractivity contribution in [3.63, 3.8) is 0 Å². The van der Waals surface area contributed by atoms with Crippen LogP contribution in [0.25, 0.3) is 16.9 Å². The van der Waals surface area contributed by atoms with Crippen molar-refractivity contribution in [2.24, 2.45) is 0 Å². The van der Waals surface area contributed by atoms with Gasteiger partial charge in [0, 0.05) is 17.3 Å². The van der Waals surface area contributed by atoms with Crippen LogP contribution in [-0.4, -0.2) is 27.2 Å². The van der Waals surface area contributed by atoms with Crippen LogP contribution in [0.3, 0.4) is 0 Å². The van der Waals surface area contributed by atoms with Crippen molar-refractivity contribution in [1.29, 1.82) is 0 Å². The number of H-pyrrole nitrogens is 1. The van der Waals surface area contributed by atoms with Crippen LogP contribution in [0.2, 0.25) is 0 Å². The van der Waals surface area contributed by atoms with Gasteiger partial charge in [0.15, 0.2) is 5.65 Å². The number of carbonyl (C=O) groups excluding carboxylic acids is 1. The summed E-state index contributed by atoms with van der Waals surface area (Å²) in [5.74, 6) is -0.502. The zero-order valence-electron chi connectivity index (χ0n) is 12.3. The standard InChI is InChI=1S/C16H15N3O3/c1-3-22-16(21)13-14(11-7-5-4-6-8-11)18-19-10(2)9-12(20)17-15(13)19/h4-9H,3H2,1-2H3,(H,17,20). The largest absolute Gasteiger partial charge is 0.462 e. The molecular formula is C16H15N3O3. The predicted octanol–water partition coefficient (Wildman–Crippen LogP) is 2.17. The fourth-order valence-corrected chi connectivity index (χ4v) is 2.39. The van der Waals surface area contributed by atoms with Gasteiger partial charge in [-0.2, -0.15) is 5.10 Å². The molecule has 3 rings (SSSR count). The van der Waals surface area contributed by atoms with Crippen LogP contribution in [0.15, 0.2) is 41.2 Å². The Kier molecular flexibility index (Phi) is 3.50. The Morgan fingerprint density at radius 3 is 2.73 bits per heavy atom. The number of carbonyl (C=O) groups is 1. The smallest absolute Gasteiger partial charge is 0.344 e. The van der Waals surface area contributed by atoms with Crippen LogP contribution < -0.4 is 5.56 Å². The second kappa shape index (κ2) is 5.48. The Morgan fingerprint density at radius 1 is 1.32 bits per heavy atom. The first kappa shape index (κ1) is 14.1. The molecule has 0 fully saturated rings. The minimum atomic E-state index is -0.502. The third-order valence-electron chi connectivity index (χ3n) is 3.33. The van der Waals surface area contributed by atoms with Gasteiger partial charge in [0.05, 0.1) is 6.61 Å². The Balaban J connectivity index is 2.36. The van der Waals surface area contributed by atoms with Crippen LogP contribution in [0.5, 0.6) is 0 Å². The quantitative estimate of drug-likeness (QED) is 0.752. The Hall–Kier alpha value is -2.89. The van der Waals surface area contributed by atoms with Crippen molar-refractivity contribution >= 4 is 11.6 Å². The number of fused-ring (bicyclic) bond motifs is 1. The van der Waals surface area contributed by atoms with Gasteiger partial charge in [0.1, 0.15) is 11.3 Å². The molecule has 0 saturated heterocycles. The maximum absolute atomic E-state index is 12.3. The van der Waals surface area contributed by atoms with Crippen LogP contribution in [0.1, 0.15) is 23.0 Å². The molecule has 22 heavy (non-hydrogen) atoms. The van der Waals surface area contributed by atoms with E-state index in [4.69, 9.17) is 4.74 Å². The molecule has 0 aliphatic rings. The highest BCUT2D eigenvalue weighted by Gasteiger charge is 2.23. The first-order valence-electron chi connectivity index (χ1n) is 6.97. The number of esters is 1. The highest BCUT2D eigenvalue weighted by molar-refractivity contribution is 6.02. The first-order chi connectivity index (χ1) is 10.6. The van der Waals surface area contributed by atoms with Gasteiger partial charge in [-0.05, 0) is 13.8 Å². The number of aromatic amines is 1. The second-order valence-electron chi connectivity index (χ2n) is 4.85. The highest BCUT2D eigenvalue weighted by atomic mass is 16.5. The van der Waals surface area contributed by atoms with Crippen molar-refractivity contribution in [2.45, 2.75) is 13.8 Å². The predicted molar refractivity (Wildman–Crippen MR) is 81.9 cm³/mol. The van der Waals surface area contributed by atoms with E-state index in [0.717, 1.165) is 5.56 Å². The van der Waals surface area contributed by atoms with Crippen molar-refractivity contribution in [1.82, 2.24) is 14.6 Å². The van der Waals surface area contributed by atoms with E-state index in [1.54, 1.807) is 18.4 Å². The van der Waals surface area contributed by atoms with Gasteiger partial charge in [-0.3, -0.25) is 4.79 Å². The molecule has 3 aromatic rings. The summed E-state index contributed by atoms with van der Waals surface area (Å²) in [5.41, 5.74) is 2.26. The molecular weight excluding hydrogens is 282 g/mol. The molecule has 1 aromatic carbocycles. The number of ether oxygens (including phenoxy) is 1. The Bertz CT molecular complexity index is 894. The normalized spacial score (nSPS) is 10.8. The number of nitrogens with zero attached hydrogens (tertiary/aromatic N) is 2. The molecule has 0 aliphatic carbocycles. The number of nitrogens with one attached hydrogen (secondary N) is 1. The monoisotopic (exact) mass is 297 g/mol. The summed E-state index contributed by atoms with van der Waals surface area (Å²) in [4.78, 5) is 26.7. The molecule has 0 radical (unpaired) electrons. The van der Waals surface area contributed by atoms with E-state index in [1.807, 2.05) is 30.3 Å². The molecule has 0 spiro atoms. The van der Waals surface area contributed by atoms with Gasteiger partial charge < -0.3 is 9.72 Å². The minimum absolute atomic E-state index is 0.250. The fraction of sp³-hybridized carbons (Fsp3) is 0.188. The molecule has 0 unspecified atom stereocenters. The number of hydrogen-bond acceptors (Lipinski definition) is 4. The molecule has 0 atom stereocenters. The molecule has 0 aliphatic heterocycles. The van der Waals surface area contributed by atoms with E-state index in [0.29, 0.717) is 17.0 Å². The molecule has 2 heterocycles. The molecule has 6 nitrogen and oxygen atoms in total. The van der Waals surface area contributed by atoms with Gasteiger partial charge in [0.2, 0.25) is 0 Å². The van der Waals surface area contributed by atoms with E-state index in [-0.39, 0.29) is 17.7 Å². The van der Waals surface area contributed by atoms with E-state index in [1.165, 1.54) is 6.07 Å². The Labute approximate surface area is 126 Å². The van der Waals surface area contributed by atoms with Crippen molar-refractivity contribution in [2.75, 3.05) is 6.61 Å². The number of aromatic nitrogens is 3. The average molecular weight is 297 g/mol. The number of rotatable bonds is 3. The van der Waals surface area contributed by atoms with Crippen molar-refractivity contribution < 1.29 is 9.53 Å². The summed E-state index contributed by atoms with van der Waals surface area (Å²) in [6.07, 6.45) is 0. The first-order valence-corrected chi connectivity index (χ1v) is 6.97. The molecule has 1 N–H and O–H groups in total. The Morgan fingerprint density at radius 2 is 2.05 bits per heavy atom. The van der Waals surface area contributed by atoms with E-state index < -0.39 is 5.97 Å². The zero-order valence-corrected chi connectivity index (χ0v) is 12.3. The topological polar surface area (TPSA) is 76.5 Å². The molecule has 2 aromatic heterocycles. The fourth-order valence-electron chi connectivity index (χ4n) is 2.39. The van der Waals surface area contributed by atoms with Crippen molar-refractivity contribution in [3.05, 3.63) is 58.0 Å². The van der Waals surface area contributed by atoms with E-state index in [2.05, 4.69) is 10.1 Å². The van der Waals surface area contributed by atoms with Gasteiger partial charge in [-0.25, -0.2) is 9.31 Å². The summed E-state index contributed by atoms with van der Waals surface area (Å²) >= 11 is 0. The summed E-state index contributed by atoms with van der Waals surface area (Å²) in [5, 5.41) is 4.47. The number of benzene rings is 1. The molecule has 0 amide bonds. The lowest BCUT2D eigenvalue weighted by Crippen LogP contribution is -2.12. The number of hydrogen-bond donors (Lipinski definition) is 1. The van der Waals surface area contributed by atoms with Crippen LogP contribution in [0, 0.1) is 6.92 Å². The molecule has 112 valence electrons. The van der Waals surface area contributed by atoms with Crippen LogP contribution in [-0.2, 0) is 4.74 Å². The van der Waals surface area contributed by atoms with Gasteiger partial charge in [0.25, 0.3) is 5.56 Å². The minimum Gasteiger partial charge on any atom is -0.462 e. The summed E-state index contributed by atoms with van der Waals surface area (Å²) in [7, 11) is 0. The third kappa shape index (κ3) is 2.28. The molecule has 0 saturated carbocycles. The van der Waals surface area contributed by atoms with E-state index >= 15 is 0 Å². The maximum atomic E-state index is 12.3. The summed E-state index contributed by atoms with van der Waals surface area (Å²) in [6, 6.07) is 10.8. The SMILES string of the molecule is CCOC(=O)c1c(-c2ccccc2)nn2c(C)cc(=O)[nH]c12. The van der Waals surface area contributed by atoms with Gasteiger partial charge in [-0.1, -0.05) is 30.3 Å². The molecule has 0 bridgehead atoms. The van der Waals surface area contributed by atoms with Gasteiger partial charge >= 0.3 is 5.97 Å². The second-order valence-corrected chi connectivity index (χ2v) is 4.85. The highest BCUT2D eigenvalue weighted by Crippen LogP contribution is 2.26. The van der Waals surface area contributed by atoms with E-state index in [9.17, 15) is 9.59 Å². The lowest BCUT2D eigenvalue weighted by Gasteiger charge is -2.03. The zero-order chi connectivity index (χ0) is 15.7. The average Bonchev–Trinajstić information content (AvgIpc) is 2.88. The number of aryl methyl sites for hydroxylation is 1. The van der Waals surface area contributed by atoms with Crippen LogP contribution in [0.4, 0.5) is 0 Å². The maximum Gasteiger partial charge on any atom is 0.344 e. The van der Waals surface area contributed by atoms with Crippen LogP contribution >= 0.6 is 0 Å². The summed E-state index contributed by atoms with van der Waals surface area (Å²) < 4.78 is 6.67. The third-order valence-corrected chi connectivity index (χ3v) is 3.33. The summed E-state index contributed by atoms with van der Waals surface area (Å²) in [6.45, 7) is 3.75. The lowest BCUT2D eigenvalue weighted by atomic mass is 10.1.